The summed E-state index contributed by atoms with van der Waals surface area (Å²) in [5.74, 6) is 2.34. The highest BCUT2D eigenvalue weighted by molar-refractivity contribution is 5.89. The summed E-state index contributed by atoms with van der Waals surface area (Å²) in [6.07, 6.45) is 1.50. The van der Waals surface area contributed by atoms with E-state index in [-0.39, 0.29) is 5.82 Å². The highest BCUT2D eigenvalue weighted by Crippen LogP contribution is 2.25. The molecule has 1 aliphatic rings. The van der Waals surface area contributed by atoms with E-state index < -0.39 is 0 Å². The molecule has 2 aromatic heterocycles. The Kier molecular flexibility index (Phi) is 3.91. The number of hydrogen-bond donors (Lipinski definition) is 0. The van der Waals surface area contributed by atoms with Crippen molar-refractivity contribution in [2.24, 2.45) is 0 Å². The summed E-state index contributed by atoms with van der Waals surface area (Å²) in [6.45, 7) is 7.25. The lowest BCUT2D eigenvalue weighted by molar-refractivity contribution is 0.628. The predicted octanol–water partition coefficient (Wildman–Crippen LogP) is 2.50. The number of anilines is 2. The van der Waals surface area contributed by atoms with E-state index in [2.05, 4.69) is 29.7 Å². The van der Waals surface area contributed by atoms with Crippen LogP contribution >= 0.6 is 0 Å². The monoisotopic (exact) mass is 338 g/mol. The van der Waals surface area contributed by atoms with Crippen molar-refractivity contribution < 1.29 is 4.39 Å². The van der Waals surface area contributed by atoms with E-state index in [1.54, 1.807) is 6.07 Å². The van der Waals surface area contributed by atoms with Gasteiger partial charge in [-0.3, -0.25) is 0 Å². The van der Waals surface area contributed by atoms with E-state index in [0.29, 0.717) is 5.52 Å². The first-order valence-electron chi connectivity index (χ1n) is 8.32. The van der Waals surface area contributed by atoms with Crippen LogP contribution in [-0.2, 0) is 0 Å². The third-order valence-corrected chi connectivity index (χ3v) is 4.43. The third kappa shape index (κ3) is 3.09. The van der Waals surface area contributed by atoms with Gasteiger partial charge >= 0.3 is 0 Å². The molecule has 7 heteroatoms. The maximum atomic E-state index is 13.4. The van der Waals surface area contributed by atoms with E-state index in [1.807, 2.05) is 19.9 Å². The first-order chi connectivity index (χ1) is 12.1. The van der Waals surface area contributed by atoms with E-state index in [9.17, 15) is 4.39 Å². The van der Waals surface area contributed by atoms with Crippen LogP contribution in [-0.4, -0.2) is 46.1 Å². The van der Waals surface area contributed by atoms with E-state index in [4.69, 9.17) is 0 Å². The quantitative estimate of drug-likeness (QED) is 0.716. The first kappa shape index (κ1) is 15.7. The number of fused-ring (bicyclic) bond motifs is 1. The lowest BCUT2D eigenvalue weighted by Crippen LogP contribution is -2.47. The molecule has 0 atom stereocenters. The Morgan fingerprint density at radius 3 is 2.44 bits per heavy atom. The van der Waals surface area contributed by atoms with Gasteiger partial charge in [-0.1, -0.05) is 0 Å². The van der Waals surface area contributed by atoms with Crippen LogP contribution in [0.25, 0.3) is 10.9 Å². The largest absolute Gasteiger partial charge is 0.353 e. The minimum atomic E-state index is -0.281. The van der Waals surface area contributed by atoms with Gasteiger partial charge in [0.1, 0.15) is 29.6 Å². The minimum Gasteiger partial charge on any atom is -0.353 e. The summed E-state index contributed by atoms with van der Waals surface area (Å²) >= 11 is 0. The highest BCUT2D eigenvalue weighted by Gasteiger charge is 2.21. The summed E-state index contributed by atoms with van der Waals surface area (Å²) in [6, 6.07) is 6.68. The highest BCUT2D eigenvalue weighted by atomic mass is 19.1. The van der Waals surface area contributed by atoms with Crippen LogP contribution in [0.2, 0.25) is 0 Å². The number of aromatic nitrogens is 4. The molecule has 1 aliphatic heterocycles. The SMILES string of the molecule is Cc1cc(N2CCN(c3ncnc4cc(F)ccc34)CC2)nc(C)n1. The van der Waals surface area contributed by atoms with Crippen molar-refractivity contribution in [3.63, 3.8) is 0 Å². The molecule has 3 heterocycles. The Hall–Kier alpha value is -2.83. The van der Waals surface area contributed by atoms with Crippen molar-refractivity contribution in [2.45, 2.75) is 13.8 Å². The molecule has 0 aliphatic carbocycles. The van der Waals surface area contributed by atoms with Crippen molar-refractivity contribution in [3.05, 3.63) is 47.9 Å². The van der Waals surface area contributed by atoms with Crippen LogP contribution in [0.1, 0.15) is 11.5 Å². The van der Waals surface area contributed by atoms with Gasteiger partial charge in [-0.15, -0.1) is 0 Å². The van der Waals surface area contributed by atoms with Crippen LogP contribution in [0.15, 0.2) is 30.6 Å². The van der Waals surface area contributed by atoms with Gasteiger partial charge in [-0.25, -0.2) is 24.3 Å². The fourth-order valence-electron chi connectivity index (χ4n) is 3.27. The standard InChI is InChI=1S/C18H19FN6/c1-12-9-17(23-13(2)22-12)24-5-7-25(8-6-24)18-15-4-3-14(19)10-16(15)20-11-21-18/h3-4,9-11H,5-8H2,1-2H3. The molecule has 6 nitrogen and oxygen atoms in total. The predicted molar refractivity (Wildman–Crippen MR) is 95.4 cm³/mol. The maximum absolute atomic E-state index is 13.4. The van der Waals surface area contributed by atoms with Gasteiger partial charge in [-0.2, -0.15) is 0 Å². The molecule has 0 unspecified atom stereocenters. The number of halogens is 1. The molecule has 0 saturated carbocycles. The number of piperazine rings is 1. The second-order valence-corrected chi connectivity index (χ2v) is 6.25. The third-order valence-electron chi connectivity index (χ3n) is 4.43. The van der Waals surface area contributed by atoms with Crippen molar-refractivity contribution in [1.29, 1.82) is 0 Å². The number of rotatable bonds is 2. The van der Waals surface area contributed by atoms with Crippen LogP contribution in [0.5, 0.6) is 0 Å². The zero-order valence-electron chi connectivity index (χ0n) is 14.3. The minimum absolute atomic E-state index is 0.281. The summed E-state index contributed by atoms with van der Waals surface area (Å²) in [5.41, 5.74) is 1.61. The van der Waals surface area contributed by atoms with Crippen molar-refractivity contribution >= 4 is 22.5 Å². The van der Waals surface area contributed by atoms with Gasteiger partial charge in [0.25, 0.3) is 0 Å². The zero-order chi connectivity index (χ0) is 17.4. The topological polar surface area (TPSA) is 58.0 Å². The second-order valence-electron chi connectivity index (χ2n) is 6.25. The molecule has 1 aromatic carbocycles. The molecule has 3 aromatic rings. The van der Waals surface area contributed by atoms with Crippen molar-refractivity contribution in [2.75, 3.05) is 36.0 Å². The molecule has 0 N–H and O–H groups in total. The molecule has 1 fully saturated rings. The Bertz CT molecular complexity index is 900. The molecule has 25 heavy (non-hydrogen) atoms. The van der Waals surface area contributed by atoms with Crippen LogP contribution < -0.4 is 9.80 Å². The number of nitrogens with zero attached hydrogens (tertiary/aromatic N) is 6. The van der Waals surface area contributed by atoms with Crippen LogP contribution in [0.3, 0.4) is 0 Å². The maximum Gasteiger partial charge on any atom is 0.140 e. The lowest BCUT2D eigenvalue weighted by atomic mass is 10.2. The zero-order valence-corrected chi connectivity index (χ0v) is 14.3. The van der Waals surface area contributed by atoms with Crippen LogP contribution in [0.4, 0.5) is 16.0 Å². The summed E-state index contributed by atoms with van der Waals surface area (Å²) in [7, 11) is 0. The van der Waals surface area contributed by atoms with Gasteiger partial charge in [0.15, 0.2) is 0 Å². The first-order valence-corrected chi connectivity index (χ1v) is 8.32. The van der Waals surface area contributed by atoms with Crippen molar-refractivity contribution in [3.8, 4) is 0 Å². The summed E-state index contributed by atoms with van der Waals surface area (Å²) in [5, 5.41) is 0.881. The number of aryl methyl sites for hydroxylation is 2. The molecule has 1 saturated heterocycles. The molecule has 128 valence electrons. The Balaban J connectivity index is 1.56. The normalized spacial score (nSPS) is 15.0. The van der Waals surface area contributed by atoms with Gasteiger partial charge in [0.05, 0.1) is 5.52 Å². The Morgan fingerprint density at radius 2 is 1.68 bits per heavy atom. The average Bonchev–Trinajstić information content (AvgIpc) is 2.60. The smallest absolute Gasteiger partial charge is 0.140 e. The molecular weight excluding hydrogens is 319 g/mol. The Labute approximate surface area is 145 Å². The number of hydrogen-bond acceptors (Lipinski definition) is 6. The molecule has 4 rings (SSSR count). The molecular formula is C18H19FN6. The fourth-order valence-corrected chi connectivity index (χ4v) is 3.27. The van der Waals surface area contributed by atoms with Crippen LogP contribution in [0, 0.1) is 19.7 Å². The summed E-state index contributed by atoms with van der Waals surface area (Å²) < 4.78 is 13.4. The second kappa shape index (κ2) is 6.23. The van der Waals surface area contributed by atoms with Crippen molar-refractivity contribution in [1.82, 2.24) is 19.9 Å². The fraction of sp³-hybridized carbons (Fsp3) is 0.333. The lowest BCUT2D eigenvalue weighted by Gasteiger charge is -2.36. The molecule has 0 bridgehead atoms. The van der Waals surface area contributed by atoms with Gasteiger partial charge < -0.3 is 9.80 Å². The number of benzene rings is 1. The molecule has 0 spiro atoms. The average molecular weight is 338 g/mol. The molecule has 0 radical (unpaired) electrons. The van der Waals surface area contributed by atoms with E-state index in [1.165, 1.54) is 18.5 Å². The molecule has 0 amide bonds. The van der Waals surface area contributed by atoms with E-state index in [0.717, 1.165) is 54.7 Å². The van der Waals surface area contributed by atoms with E-state index >= 15 is 0 Å². The van der Waals surface area contributed by atoms with Gasteiger partial charge in [0, 0.05) is 49.4 Å². The van der Waals surface area contributed by atoms with Gasteiger partial charge in [0.2, 0.25) is 0 Å². The summed E-state index contributed by atoms with van der Waals surface area (Å²) in [4.78, 5) is 22.0. The van der Waals surface area contributed by atoms with Gasteiger partial charge in [-0.05, 0) is 26.0 Å². The Morgan fingerprint density at radius 1 is 0.920 bits per heavy atom.